The van der Waals surface area contributed by atoms with Gasteiger partial charge in [-0.05, 0) is 0 Å². The fourth-order valence-corrected chi connectivity index (χ4v) is 8.56. The van der Waals surface area contributed by atoms with Gasteiger partial charge in [0.15, 0.2) is 11.7 Å². The first-order chi connectivity index (χ1) is 24.1. The molecule has 8 N–H and O–H groups in total. The third-order valence-electron chi connectivity index (χ3n) is 6.12. The molecule has 0 bridgehead atoms. The molecule has 44 heteroatoms. The van der Waals surface area contributed by atoms with E-state index in [-0.39, 0.29) is 51.4 Å². The summed E-state index contributed by atoms with van der Waals surface area (Å²) in [7, 11) is -51.5. The van der Waals surface area contributed by atoms with Crippen LogP contribution in [0.3, 0.4) is 0 Å². The first-order valence-corrected chi connectivity index (χ1v) is 23.2. The van der Waals surface area contributed by atoms with Crippen LogP contribution in [0.5, 0.6) is 0 Å². The van der Waals surface area contributed by atoms with Gasteiger partial charge in [0.1, 0.15) is 43.2 Å². The Morgan fingerprint density at radius 1 is 0.500 bits per heavy atom. The Hall–Kier alpha value is 0.476. The molecule has 9 atom stereocenters. The quantitative estimate of drug-likeness (QED) is 0.0319. The van der Waals surface area contributed by atoms with Crippen LogP contribution in [0, 0.1) is 0 Å². The molecular formula is C12H21KO35S8. The Bertz CT molecular complexity index is 2320. The summed E-state index contributed by atoms with van der Waals surface area (Å²) >= 11 is 0. The van der Waals surface area contributed by atoms with Gasteiger partial charge < -0.3 is 19.1 Å². The van der Waals surface area contributed by atoms with Gasteiger partial charge in [0.05, 0.1) is 13.2 Å². The number of rotatable bonds is 20. The SMILES string of the molecule is O=S(=O)([O-])OC[C@H]1O[C@](COS(=O)(=O)O)([C@]2(OS(=O)(=O)O)O[C@H](CO)[C@@H](OS(=O)(=O)O)[C@H](OS(=O)(=O)O)[C@H]2OS(=O)(=O)O)[C@@H](OS(=O)(=O)O)[C@@H]1OS(=O)(=O)O.[K+]. The predicted molar refractivity (Wildman–Crippen MR) is 150 cm³/mol. The second-order valence-corrected chi connectivity index (χ2v) is 18.2. The summed E-state index contributed by atoms with van der Waals surface area (Å²) in [6.45, 7) is -7.19. The molecule has 0 spiro atoms. The van der Waals surface area contributed by atoms with Crippen molar-refractivity contribution in [2.45, 2.75) is 54.1 Å². The monoisotopic (exact) mass is 1020 g/mol. The van der Waals surface area contributed by atoms with E-state index in [1.807, 2.05) is 0 Å². The average molecular weight is 1020 g/mol. The van der Waals surface area contributed by atoms with Gasteiger partial charge in [-0.2, -0.15) is 58.9 Å². The molecule has 2 aliphatic heterocycles. The molecule has 2 rings (SSSR count). The van der Waals surface area contributed by atoms with Gasteiger partial charge in [0.2, 0.25) is 10.4 Å². The summed E-state index contributed by atoms with van der Waals surface area (Å²) < 4.78 is 310. The van der Waals surface area contributed by atoms with Crippen molar-refractivity contribution in [3.63, 3.8) is 0 Å². The Morgan fingerprint density at radius 3 is 1.29 bits per heavy atom. The van der Waals surface area contributed by atoms with Gasteiger partial charge >= 0.3 is 124 Å². The van der Waals surface area contributed by atoms with Crippen molar-refractivity contribution in [3.8, 4) is 0 Å². The van der Waals surface area contributed by atoms with E-state index in [1.165, 1.54) is 0 Å². The first kappa shape index (κ1) is 54.5. The minimum absolute atomic E-state index is 0. The summed E-state index contributed by atoms with van der Waals surface area (Å²) in [5.41, 5.74) is -4.79. The average Bonchev–Trinajstić information content (AvgIpc) is 3.16. The molecule has 0 aromatic carbocycles. The van der Waals surface area contributed by atoms with E-state index < -0.39 is 157 Å². The molecule has 0 amide bonds. The Kier molecular flexibility index (Phi) is 17.9. The van der Waals surface area contributed by atoms with Crippen LogP contribution in [0.25, 0.3) is 0 Å². The van der Waals surface area contributed by atoms with E-state index in [1.54, 1.807) is 0 Å². The third kappa shape index (κ3) is 16.4. The van der Waals surface area contributed by atoms with E-state index in [4.69, 9.17) is 9.47 Å². The number of ether oxygens (including phenoxy) is 2. The fourth-order valence-electron chi connectivity index (χ4n) is 4.81. The van der Waals surface area contributed by atoms with Crippen LogP contribution < -0.4 is 51.4 Å². The normalized spacial score (nSPS) is 31.5. The second-order valence-electron chi connectivity index (χ2n) is 9.80. The summed E-state index contributed by atoms with van der Waals surface area (Å²) in [6, 6.07) is 0. The Balaban J connectivity index is 0.0000157. The van der Waals surface area contributed by atoms with Crippen LogP contribution in [0.4, 0.5) is 0 Å². The largest absolute Gasteiger partial charge is 1.00 e. The molecule has 35 nitrogen and oxygen atoms in total. The van der Waals surface area contributed by atoms with Gasteiger partial charge in [-0.15, -0.1) is 0 Å². The van der Waals surface area contributed by atoms with Crippen LogP contribution in [0.15, 0.2) is 0 Å². The molecule has 2 saturated heterocycles. The topological polar surface area (TPSA) is 550 Å². The van der Waals surface area contributed by atoms with Crippen LogP contribution in [-0.4, -0.2) is 183 Å². The molecular weight excluding hydrogens is 1000 g/mol. The summed E-state index contributed by atoms with van der Waals surface area (Å²) in [5.74, 6) is -5.18. The molecule has 0 unspecified atom stereocenters. The molecule has 0 aliphatic carbocycles. The third-order valence-corrected chi connectivity index (χ3v) is 9.72. The molecule has 0 aromatic rings. The molecule has 0 radical (unpaired) electrons. The van der Waals surface area contributed by atoms with Crippen LogP contribution in [-0.2, 0) is 126 Å². The van der Waals surface area contributed by atoms with Crippen molar-refractivity contribution >= 4 is 83.2 Å². The summed E-state index contributed by atoms with van der Waals surface area (Å²) in [5, 5.41) is 10.0. The fraction of sp³-hybridized carbons (Fsp3) is 1.00. The molecule has 2 aliphatic rings. The number of aliphatic hydroxyl groups excluding tert-OH is 1. The summed E-state index contributed by atoms with van der Waals surface area (Å²) in [4.78, 5) is 0. The predicted octanol–water partition coefficient (Wildman–Crippen LogP) is -10.7. The first-order valence-electron chi connectivity index (χ1n) is 12.3. The molecule has 328 valence electrons. The summed E-state index contributed by atoms with van der Waals surface area (Å²) in [6.07, 6.45) is -25.6. The maximum Gasteiger partial charge on any atom is 1.00 e. The maximum atomic E-state index is 12.4. The van der Waals surface area contributed by atoms with Crippen molar-refractivity contribution in [3.05, 3.63) is 0 Å². The smallest absolute Gasteiger partial charge is 0.726 e. The zero-order valence-corrected chi connectivity index (χ0v) is 35.7. The number of hydrogen-bond acceptors (Lipinski definition) is 28. The Labute approximate surface area is 356 Å². The maximum absolute atomic E-state index is 12.4. The zero-order chi connectivity index (χ0) is 43.2. The van der Waals surface area contributed by atoms with Crippen molar-refractivity contribution in [2.24, 2.45) is 0 Å². The standard InChI is InChI=1S/C12H22O35S8.K/c13-1-4-6(42-50(20,21)22)8(44-52(26,27)28)10(46-54(32,33)34)12(41-4,47-55(35,36)37)11(3-39-49(17,18)19)9(45-53(29,30)31)7(43-51(23,24)25)5(40-11)2-38-48(14,15)16;/h4-10,13H,1-3H2,(H,14,15,16)(H,17,18,19)(H,20,21,22)(H,23,24,25)(H,26,27,28)(H,29,30,31)(H,32,33,34)(H,35,36,37);/q;+1/p-1/t4-,5-,6-,7-,8+,9+,10-,11+,12+;/m1./s1. The van der Waals surface area contributed by atoms with Crippen molar-refractivity contribution in [1.82, 2.24) is 0 Å². The van der Waals surface area contributed by atoms with E-state index >= 15 is 0 Å². The van der Waals surface area contributed by atoms with Crippen molar-refractivity contribution < 1.29 is 203 Å². The minimum Gasteiger partial charge on any atom is -0.726 e. The number of hydrogen-bond donors (Lipinski definition) is 8. The molecule has 0 saturated carbocycles. The van der Waals surface area contributed by atoms with Gasteiger partial charge in [0, 0.05) is 0 Å². The van der Waals surface area contributed by atoms with E-state index in [0.717, 1.165) is 0 Å². The minimum atomic E-state index is -6.86. The molecule has 2 heterocycles. The van der Waals surface area contributed by atoms with E-state index in [2.05, 4.69) is 33.5 Å². The van der Waals surface area contributed by atoms with Gasteiger partial charge in [0.25, 0.3) is 5.79 Å². The second kappa shape index (κ2) is 18.4. The van der Waals surface area contributed by atoms with Crippen LogP contribution in [0.2, 0.25) is 0 Å². The van der Waals surface area contributed by atoms with E-state index in [9.17, 15) is 109 Å². The molecule has 56 heavy (non-hydrogen) atoms. The van der Waals surface area contributed by atoms with Crippen LogP contribution in [0.1, 0.15) is 0 Å². The number of aliphatic hydroxyl groups is 1. The molecule has 0 aromatic heterocycles. The van der Waals surface area contributed by atoms with Crippen molar-refractivity contribution in [1.29, 1.82) is 0 Å². The van der Waals surface area contributed by atoms with Crippen LogP contribution >= 0.6 is 0 Å². The Morgan fingerprint density at radius 2 is 0.911 bits per heavy atom. The van der Waals surface area contributed by atoms with E-state index in [0.29, 0.717) is 0 Å². The van der Waals surface area contributed by atoms with Crippen molar-refractivity contribution in [2.75, 3.05) is 19.8 Å². The van der Waals surface area contributed by atoms with Gasteiger partial charge in [-0.1, -0.05) is 0 Å². The van der Waals surface area contributed by atoms with Gasteiger partial charge in [-0.3, -0.25) is 36.1 Å². The zero-order valence-electron chi connectivity index (χ0n) is 26.0. The molecule has 2 fully saturated rings. The van der Waals surface area contributed by atoms with Gasteiger partial charge in [-0.25, -0.2) is 37.7 Å².